The Kier molecular flexibility index (Phi) is 16.4. The molecule has 5 amide bonds. The zero-order valence-electron chi connectivity index (χ0n) is 35.7. The molecular formula is C45H52ClFN8O9S. The number of hydrogen-bond donors (Lipinski definition) is 5. The van der Waals surface area contributed by atoms with Crippen molar-refractivity contribution in [3.05, 3.63) is 93.8 Å². The third-order valence-corrected chi connectivity index (χ3v) is 12.4. The van der Waals surface area contributed by atoms with Gasteiger partial charge in [0, 0.05) is 54.5 Å². The maximum absolute atomic E-state index is 14.6. The zero-order valence-corrected chi connectivity index (χ0v) is 37.2. The standard InChI is InChI=1S/C45H52ClFN8O9S/c46-34-4-2-5-36(40(34)47)64-32-11-14-45(15-12-32,24-31-3-1-6-37(51-31)53-44-50-17-22-65-44)43(60)49-16-19-61-20-21-63-27-29(48)26-62-18-13-39(57)52-30-7-8-33-28(23-30)25-55(42(33)59)35-9-10-38(56)54-41(35)58/h1-8,17,22-23,29,32,35H,9-16,18-21,24-27,48H2,(H,49,60)(H,52,57)(H,50,51,53)(H,54,56,58)/t29?,32-,35?,45-. The zero-order chi connectivity index (χ0) is 45.8. The highest BCUT2D eigenvalue weighted by Gasteiger charge is 2.43. The summed E-state index contributed by atoms with van der Waals surface area (Å²) in [5.74, 6) is -1.39. The van der Waals surface area contributed by atoms with Gasteiger partial charge in [-0.15, -0.1) is 11.3 Å². The lowest BCUT2D eigenvalue weighted by Gasteiger charge is -2.39. The van der Waals surface area contributed by atoms with Crippen LogP contribution in [0.5, 0.6) is 5.75 Å². The van der Waals surface area contributed by atoms with Crippen molar-refractivity contribution < 1.29 is 47.3 Å². The monoisotopic (exact) mass is 934 g/mol. The minimum absolute atomic E-state index is 0.0102. The molecule has 2 fully saturated rings. The Morgan fingerprint density at radius 3 is 2.57 bits per heavy atom. The Bertz CT molecular complexity index is 2320. The van der Waals surface area contributed by atoms with E-state index in [1.54, 1.807) is 36.5 Å². The van der Waals surface area contributed by atoms with Crippen LogP contribution in [0, 0.1) is 11.2 Å². The van der Waals surface area contributed by atoms with Crippen LogP contribution in [-0.4, -0.2) is 109 Å². The lowest BCUT2D eigenvalue weighted by atomic mass is 9.69. The molecule has 1 saturated carbocycles. The number of carbonyl (C=O) groups is 5. The lowest BCUT2D eigenvalue weighted by Crippen LogP contribution is -2.52. The van der Waals surface area contributed by atoms with Crippen molar-refractivity contribution in [3.63, 3.8) is 0 Å². The Morgan fingerprint density at radius 1 is 1.00 bits per heavy atom. The number of thiazole rings is 1. The smallest absolute Gasteiger partial charge is 0.255 e. The predicted molar refractivity (Wildman–Crippen MR) is 239 cm³/mol. The second-order valence-corrected chi connectivity index (χ2v) is 17.5. The highest BCUT2D eigenvalue weighted by atomic mass is 35.5. The van der Waals surface area contributed by atoms with Gasteiger partial charge in [0.1, 0.15) is 11.9 Å². The van der Waals surface area contributed by atoms with Crippen LogP contribution in [0.4, 0.5) is 21.0 Å². The van der Waals surface area contributed by atoms with Gasteiger partial charge in [-0.2, -0.15) is 0 Å². The molecule has 3 aliphatic rings. The number of halogens is 2. The number of fused-ring (bicyclic) bond motifs is 1. The van der Waals surface area contributed by atoms with E-state index in [0.29, 0.717) is 59.9 Å². The van der Waals surface area contributed by atoms with Crippen LogP contribution in [0.15, 0.2) is 66.2 Å². The number of anilines is 3. The molecule has 1 aliphatic carbocycles. The van der Waals surface area contributed by atoms with Gasteiger partial charge in [-0.25, -0.2) is 14.4 Å². The van der Waals surface area contributed by atoms with Crippen LogP contribution in [0.3, 0.4) is 0 Å². The van der Waals surface area contributed by atoms with E-state index in [0.717, 1.165) is 5.69 Å². The van der Waals surface area contributed by atoms with Crippen molar-refractivity contribution in [2.75, 3.05) is 56.8 Å². The molecule has 346 valence electrons. The molecule has 2 atom stereocenters. The summed E-state index contributed by atoms with van der Waals surface area (Å²) in [6, 6.07) is 14.1. The Morgan fingerprint density at radius 2 is 1.78 bits per heavy atom. The van der Waals surface area contributed by atoms with Crippen LogP contribution in [0.25, 0.3) is 0 Å². The SMILES string of the molecule is NC(COCCOCCNC(=O)[C@]1(Cc2cccc(Nc3nccs3)n2)CC[C@@H](Oc2cccc(Cl)c2F)CC1)COCCC(=O)Nc1ccc2c(c1)CN(C1CCC(=O)NC1=O)C2=O. The summed E-state index contributed by atoms with van der Waals surface area (Å²) in [6.07, 6.45) is 4.39. The minimum atomic E-state index is -0.777. The number of nitrogens with zero attached hydrogens (tertiary/aromatic N) is 3. The molecule has 2 unspecified atom stereocenters. The lowest BCUT2D eigenvalue weighted by molar-refractivity contribution is -0.137. The van der Waals surface area contributed by atoms with Gasteiger partial charge in [-0.3, -0.25) is 29.3 Å². The quantitative estimate of drug-likeness (QED) is 0.0523. The highest BCUT2D eigenvalue weighted by Crippen LogP contribution is 2.41. The molecule has 2 aromatic heterocycles. The average Bonchev–Trinajstić information content (AvgIpc) is 3.92. The molecule has 17 nitrogen and oxygen atoms in total. The first-order valence-electron chi connectivity index (χ1n) is 21.5. The summed E-state index contributed by atoms with van der Waals surface area (Å²) >= 11 is 7.43. The van der Waals surface area contributed by atoms with E-state index >= 15 is 0 Å². The normalized spacial score (nSPS) is 19.9. The van der Waals surface area contributed by atoms with E-state index in [1.165, 1.54) is 22.3 Å². The third-order valence-electron chi connectivity index (χ3n) is 11.4. The number of carbonyl (C=O) groups excluding carboxylic acids is 5. The third kappa shape index (κ3) is 12.8. The molecule has 20 heteroatoms. The largest absolute Gasteiger partial charge is 0.487 e. The van der Waals surface area contributed by atoms with Gasteiger partial charge in [0.15, 0.2) is 16.7 Å². The Hall–Kier alpha value is -5.57. The molecule has 0 spiro atoms. The van der Waals surface area contributed by atoms with Gasteiger partial charge in [0.2, 0.25) is 23.6 Å². The number of aromatic nitrogens is 2. The van der Waals surface area contributed by atoms with E-state index in [2.05, 4.69) is 26.3 Å². The first-order valence-corrected chi connectivity index (χ1v) is 22.8. The number of piperidine rings is 1. The van der Waals surface area contributed by atoms with E-state index in [1.807, 2.05) is 23.6 Å². The van der Waals surface area contributed by atoms with E-state index in [9.17, 15) is 28.4 Å². The number of pyridine rings is 1. The highest BCUT2D eigenvalue weighted by molar-refractivity contribution is 7.13. The fourth-order valence-electron chi connectivity index (χ4n) is 8.09. The van der Waals surface area contributed by atoms with Crippen molar-refractivity contribution in [2.45, 2.75) is 76.1 Å². The van der Waals surface area contributed by atoms with Gasteiger partial charge < -0.3 is 45.5 Å². The van der Waals surface area contributed by atoms with Gasteiger partial charge in [-0.05, 0) is 80.1 Å². The number of imide groups is 1. The second-order valence-electron chi connectivity index (χ2n) is 16.2. The maximum Gasteiger partial charge on any atom is 0.255 e. The Labute approximate surface area is 384 Å². The van der Waals surface area contributed by atoms with Crippen molar-refractivity contribution in [2.24, 2.45) is 11.1 Å². The molecule has 1 saturated heterocycles. The maximum atomic E-state index is 14.6. The van der Waals surface area contributed by atoms with Crippen molar-refractivity contribution in [3.8, 4) is 5.75 Å². The first kappa shape index (κ1) is 47.4. The number of nitrogens with two attached hydrogens (primary N) is 1. The fraction of sp³-hybridized carbons (Fsp3) is 0.444. The van der Waals surface area contributed by atoms with Gasteiger partial charge in [0.25, 0.3) is 5.91 Å². The fourth-order valence-corrected chi connectivity index (χ4v) is 8.79. The Balaban J connectivity index is 0.776. The summed E-state index contributed by atoms with van der Waals surface area (Å²) in [4.78, 5) is 73.8. The van der Waals surface area contributed by atoms with E-state index in [-0.39, 0.29) is 112 Å². The van der Waals surface area contributed by atoms with Gasteiger partial charge >= 0.3 is 0 Å². The second kappa shape index (κ2) is 22.6. The molecule has 4 aromatic rings. The average molecular weight is 935 g/mol. The molecule has 6 N–H and O–H groups in total. The number of rotatable bonds is 22. The molecule has 0 radical (unpaired) electrons. The van der Waals surface area contributed by atoms with Gasteiger partial charge in [-0.1, -0.05) is 23.7 Å². The first-order chi connectivity index (χ1) is 31.5. The van der Waals surface area contributed by atoms with Crippen LogP contribution >= 0.6 is 22.9 Å². The number of benzene rings is 2. The molecule has 4 heterocycles. The van der Waals surface area contributed by atoms with Crippen LogP contribution < -0.4 is 31.7 Å². The molecule has 0 bridgehead atoms. The molecule has 2 aliphatic heterocycles. The topological polar surface area (TPSA) is 225 Å². The van der Waals surface area contributed by atoms with E-state index in [4.69, 9.17) is 41.3 Å². The summed E-state index contributed by atoms with van der Waals surface area (Å²) in [7, 11) is 0. The summed E-state index contributed by atoms with van der Waals surface area (Å²) in [5, 5.41) is 13.9. The van der Waals surface area contributed by atoms with Gasteiger partial charge in [0.05, 0.1) is 68.6 Å². The van der Waals surface area contributed by atoms with E-state index < -0.39 is 29.2 Å². The number of amides is 5. The predicted octanol–water partition coefficient (Wildman–Crippen LogP) is 4.91. The van der Waals surface area contributed by atoms with Crippen molar-refractivity contribution in [1.82, 2.24) is 25.5 Å². The summed E-state index contributed by atoms with van der Waals surface area (Å²) in [6.45, 7) is 1.82. The number of ether oxygens (including phenoxy) is 4. The number of nitrogens with one attached hydrogen (secondary N) is 4. The molecule has 2 aromatic carbocycles. The molecular weight excluding hydrogens is 883 g/mol. The van der Waals surface area contributed by atoms with Crippen LogP contribution in [0.1, 0.15) is 66.6 Å². The van der Waals surface area contributed by atoms with Crippen molar-refractivity contribution >= 4 is 69.1 Å². The number of hydrogen-bond acceptors (Lipinski definition) is 14. The van der Waals surface area contributed by atoms with Crippen molar-refractivity contribution in [1.29, 1.82) is 0 Å². The summed E-state index contributed by atoms with van der Waals surface area (Å²) < 4.78 is 37.6. The summed E-state index contributed by atoms with van der Waals surface area (Å²) in [5.41, 5.74) is 7.77. The molecule has 65 heavy (non-hydrogen) atoms. The minimum Gasteiger partial charge on any atom is -0.487 e. The molecule has 7 rings (SSSR count). The van der Waals surface area contributed by atoms with Crippen LogP contribution in [-0.2, 0) is 46.4 Å². The van der Waals surface area contributed by atoms with Crippen LogP contribution in [0.2, 0.25) is 5.02 Å².